The lowest BCUT2D eigenvalue weighted by Gasteiger charge is -2.21. The van der Waals surface area contributed by atoms with Crippen LogP contribution in [0.5, 0.6) is 11.5 Å². The molecule has 29 heavy (non-hydrogen) atoms. The van der Waals surface area contributed by atoms with Crippen LogP contribution in [0.25, 0.3) is 0 Å². The molecule has 1 fully saturated rings. The minimum absolute atomic E-state index is 0.337. The molecule has 0 aromatic heterocycles. The summed E-state index contributed by atoms with van der Waals surface area (Å²) in [5.41, 5.74) is 0.259. The van der Waals surface area contributed by atoms with Crippen molar-refractivity contribution < 1.29 is 23.9 Å². The molecule has 3 rings (SSSR count). The Morgan fingerprint density at radius 1 is 1.03 bits per heavy atom. The number of carbonyl (C=O) groups is 3. The quantitative estimate of drug-likeness (QED) is 0.623. The third-order valence-electron chi connectivity index (χ3n) is 4.55. The minimum Gasteiger partial charge on any atom is -0.490 e. The maximum absolute atomic E-state index is 12.7. The molecule has 1 saturated heterocycles. The topological polar surface area (TPSA) is 106 Å². The van der Waals surface area contributed by atoms with E-state index in [-0.39, 0.29) is 5.91 Å². The SMILES string of the molecule is CCOc1ccc(C(=O)Nc2cccc([C@]3(C)NC(=O)NC3=O)c2)cc1OCC. The van der Waals surface area contributed by atoms with Crippen LogP contribution in [-0.2, 0) is 10.3 Å². The lowest BCUT2D eigenvalue weighted by molar-refractivity contribution is -0.123. The van der Waals surface area contributed by atoms with E-state index in [1.165, 1.54) is 0 Å². The summed E-state index contributed by atoms with van der Waals surface area (Å²) in [6, 6.07) is 11.2. The fourth-order valence-electron chi connectivity index (χ4n) is 3.05. The van der Waals surface area contributed by atoms with E-state index in [1.54, 1.807) is 49.4 Å². The number of benzene rings is 2. The van der Waals surface area contributed by atoms with Crippen LogP contribution in [0.1, 0.15) is 36.7 Å². The van der Waals surface area contributed by atoms with E-state index in [2.05, 4.69) is 16.0 Å². The highest BCUT2D eigenvalue weighted by molar-refractivity contribution is 6.08. The predicted octanol–water partition coefficient (Wildman–Crippen LogP) is 2.79. The number of imide groups is 1. The first-order valence-corrected chi connectivity index (χ1v) is 9.32. The first-order chi connectivity index (χ1) is 13.9. The van der Waals surface area contributed by atoms with Gasteiger partial charge in [0.15, 0.2) is 11.5 Å². The van der Waals surface area contributed by atoms with E-state index in [1.807, 2.05) is 13.8 Å². The van der Waals surface area contributed by atoms with Crippen molar-refractivity contribution in [2.24, 2.45) is 0 Å². The monoisotopic (exact) mass is 397 g/mol. The van der Waals surface area contributed by atoms with E-state index in [4.69, 9.17) is 9.47 Å². The number of hydrogen-bond acceptors (Lipinski definition) is 5. The summed E-state index contributed by atoms with van der Waals surface area (Å²) in [5.74, 6) is 0.285. The molecule has 0 spiro atoms. The Kier molecular flexibility index (Phi) is 5.72. The third-order valence-corrected chi connectivity index (χ3v) is 4.55. The smallest absolute Gasteiger partial charge is 0.322 e. The fourth-order valence-corrected chi connectivity index (χ4v) is 3.05. The molecule has 3 N–H and O–H groups in total. The van der Waals surface area contributed by atoms with Gasteiger partial charge in [0.25, 0.3) is 11.8 Å². The highest BCUT2D eigenvalue weighted by atomic mass is 16.5. The number of nitrogens with one attached hydrogen (secondary N) is 3. The molecule has 2 aromatic rings. The van der Waals surface area contributed by atoms with Crippen molar-refractivity contribution in [3.63, 3.8) is 0 Å². The van der Waals surface area contributed by atoms with E-state index in [0.717, 1.165) is 0 Å². The molecule has 8 heteroatoms. The molecule has 8 nitrogen and oxygen atoms in total. The Balaban J connectivity index is 1.82. The van der Waals surface area contributed by atoms with Gasteiger partial charge in [-0.3, -0.25) is 14.9 Å². The summed E-state index contributed by atoms with van der Waals surface area (Å²) in [5, 5.41) is 7.64. The van der Waals surface area contributed by atoms with Crippen molar-refractivity contribution >= 4 is 23.5 Å². The molecule has 152 valence electrons. The fraction of sp³-hybridized carbons (Fsp3) is 0.286. The van der Waals surface area contributed by atoms with Crippen LogP contribution in [0.4, 0.5) is 10.5 Å². The third kappa shape index (κ3) is 4.16. The number of urea groups is 1. The first-order valence-electron chi connectivity index (χ1n) is 9.32. The maximum Gasteiger partial charge on any atom is 0.322 e. The normalized spacial score (nSPS) is 18.0. The Morgan fingerprint density at radius 3 is 2.41 bits per heavy atom. The molecule has 1 aliphatic heterocycles. The van der Waals surface area contributed by atoms with Crippen LogP contribution in [0.3, 0.4) is 0 Å². The lowest BCUT2D eigenvalue weighted by Crippen LogP contribution is -2.40. The Labute approximate surface area is 168 Å². The molecule has 0 bridgehead atoms. The van der Waals surface area contributed by atoms with Crippen molar-refractivity contribution in [2.75, 3.05) is 18.5 Å². The van der Waals surface area contributed by atoms with Crippen molar-refractivity contribution in [3.05, 3.63) is 53.6 Å². The summed E-state index contributed by atoms with van der Waals surface area (Å²) in [6.07, 6.45) is 0. The average molecular weight is 397 g/mol. The summed E-state index contributed by atoms with van der Waals surface area (Å²) in [6.45, 7) is 6.26. The summed E-state index contributed by atoms with van der Waals surface area (Å²) in [7, 11) is 0. The Bertz CT molecular complexity index is 959. The molecule has 0 saturated carbocycles. The Hall–Kier alpha value is -3.55. The second kappa shape index (κ2) is 8.22. The summed E-state index contributed by atoms with van der Waals surface area (Å²) in [4.78, 5) is 36.4. The number of carbonyl (C=O) groups excluding carboxylic acids is 3. The molecule has 4 amide bonds. The number of rotatable bonds is 7. The molecule has 0 unspecified atom stereocenters. The second-order valence-electron chi connectivity index (χ2n) is 6.60. The van der Waals surface area contributed by atoms with Gasteiger partial charge in [-0.25, -0.2) is 4.79 Å². The number of anilines is 1. The van der Waals surface area contributed by atoms with Crippen molar-refractivity contribution in [3.8, 4) is 11.5 Å². The van der Waals surface area contributed by atoms with Gasteiger partial charge in [0, 0.05) is 11.3 Å². The van der Waals surface area contributed by atoms with Crippen molar-refractivity contribution in [2.45, 2.75) is 26.3 Å². The number of ether oxygens (including phenoxy) is 2. The van der Waals surface area contributed by atoms with Crippen molar-refractivity contribution in [1.29, 1.82) is 0 Å². The van der Waals surface area contributed by atoms with Crippen LogP contribution >= 0.6 is 0 Å². The van der Waals surface area contributed by atoms with Gasteiger partial charge in [0.1, 0.15) is 5.54 Å². The van der Waals surface area contributed by atoms with E-state index >= 15 is 0 Å². The van der Waals surface area contributed by atoms with Gasteiger partial charge in [-0.05, 0) is 56.7 Å². The van der Waals surface area contributed by atoms with Gasteiger partial charge in [0.2, 0.25) is 0 Å². The van der Waals surface area contributed by atoms with Crippen LogP contribution in [0, 0.1) is 0 Å². The maximum atomic E-state index is 12.7. The second-order valence-corrected chi connectivity index (χ2v) is 6.60. The molecule has 2 aromatic carbocycles. The highest BCUT2D eigenvalue weighted by Gasteiger charge is 2.43. The largest absolute Gasteiger partial charge is 0.490 e. The molecule has 1 heterocycles. The first kappa shape index (κ1) is 20.2. The summed E-state index contributed by atoms with van der Waals surface area (Å²) < 4.78 is 11.1. The van der Waals surface area contributed by atoms with Gasteiger partial charge in [-0.15, -0.1) is 0 Å². The van der Waals surface area contributed by atoms with Crippen LogP contribution < -0.4 is 25.4 Å². The zero-order valence-corrected chi connectivity index (χ0v) is 16.5. The molecule has 1 atom stereocenters. The van der Waals surface area contributed by atoms with Crippen LogP contribution in [0.15, 0.2) is 42.5 Å². The lowest BCUT2D eigenvalue weighted by atomic mass is 9.92. The van der Waals surface area contributed by atoms with Gasteiger partial charge in [0.05, 0.1) is 13.2 Å². The van der Waals surface area contributed by atoms with Gasteiger partial charge < -0.3 is 20.1 Å². The predicted molar refractivity (Wildman–Crippen MR) is 107 cm³/mol. The zero-order chi connectivity index (χ0) is 21.0. The van der Waals surface area contributed by atoms with E-state index in [0.29, 0.717) is 41.5 Å². The number of amides is 4. The summed E-state index contributed by atoms with van der Waals surface area (Å²) >= 11 is 0. The van der Waals surface area contributed by atoms with Crippen molar-refractivity contribution in [1.82, 2.24) is 10.6 Å². The molecular formula is C21H23N3O5. The average Bonchev–Trinajstić information content (AvgIpc) is 2.96. The van der Waals surface area contributed by atoms with E-state index in [9.17, 15) is 14.4 Å². The zero-order valence-electron chi connectivity index (χ0n) is 16.5. The molecule has 0 aliphatic carbocycles. The van der Waals surface area contributed by atoms with Gasteiger partial charge in [-0.1, -0.05) is 12.1 Å². The Morgan fingerprint density at radius 2 is 1.76 bits per heavy atom. The highest BCUT2D eigenvalue weighted by Crippen LogP contribution is 2.30. The molecular weight excluding hydrogens is 374 g/mol. The van der Waals surface area contributed by atoms with Gasteiger partial charge >= 0.3 is 6.03 Å². The standard InChI is InChI=1S/C21H23N3O5/c1-4-28-16-10-9-13(11-17(16)29-5-2)18(25)22-15-8-6-7-14(12-15)21(3)19(26)23-20(27)24-21/h6-12H,4-5H2,1-3H3,(H,22,25)(H2,23,24,26,27)/t21-/m0/s1. The minimum atomic E-state index is -1.20. The molecule has 0 radical (unpaired) electrons. The van der Waals surface area contributed by atoms with Crippen LogP contribution in [0.2, 0.25) is 0 Å². The molecule has 1 aliphatic rings. The number of hydrogen-bond donors (Lipinski definition) is 3. The van der Waals surface area contributed by atoms with Gasteiger partial charge in [-0.2, -0.15) is 0 Å². The van der Waals surface area contributed by atoms with E-state index < -0.39 is 17.5 Å². The van der Waals surface area contributed by atoms with Crippen LogP contribution in [-0.4, -0.2) is 31.1 Å².